The number of benzene rings is 1. The summed E-state index contributed by atoms with van der Waals surface area (Å²) >= 11 is 0. The lowest BCUT2D eigenvalue weighted by molar-refractivity contribution is 0.0338. The van der Waals surface area contributed by atoms with E-state index >= 15 is 0 Å². The minimum Gasteiger partial charge on any atom is -0.496 e. The number of hydrogen-bond donors (Lipinski definition) is 0. The number of aliphatic imine (C=N–C) groups is 1. The normalized spacial score (nSPS) is 20.9. The van der Waals surface area contributed by atoms with Crippen molar-refractivity contribution < 1.29 is 14.3 Å². The van der Waals surface area contributed by atoms with Crippen molar-refractivity contribution in [2.24, 2.45) is 4.99 Å². The highest BCUT2D eigenvalue weighted by atomic mass is 16.5. The summed E-state index contributed by atoms with van der Waals surface area (Å²) in [4.78, 5) is 17.5. The van der Waals surface area contributed by atoms with E-state index in [1.807, 2.05) is 12.1 Å². The van der Waals surface area contributed by atoms with Crippen molar-refractivity contribution in [2.75, 3.05) is 33.4 Å². The van der Waals surface area contributed by atoms with E-state index in [-0.39, 0.29) is 5.54 Å². The lowest BCUT2D eigenvalue weighted by Crippen LogP contribution is -2.35. The maximum atomic E-state index is 10.9. The summed E-state index contributed by atoms with van der Waals surface area (Å²) in [5.41, 5.74) is 1.88. The monoisotopic (exact) mass is 316 g/mol. The molecule has 1 saturated heterocycles. The van der Waals surface area contributed by atoms with Crippen LogP contribution in [0.3, 0.4) is 0 Å². The minimum absolute atomic E-state index is 0.381. The zero-order valence-corrected chi connectivity index (χ0v) is 13.7. The third kappa shape index (κ3) is 3.47. The fourth-order valence-corrected chi connectivity index (χ4v) is 3.70. The van der Waals surface area contributed by atoms with Crippen molar-refractivity contribution >= 4 is 6.08 Å². The number of methoxy groups -OCH3 is 1. The molecule has 1 aliphatic heterocycles. The summed E-state index contributed by atoms with van der Waals surface area (Å²) in [6.45, 7) is 4.26. The lowest BCUT2D eigenvalue weighted by Gasteiger charge is -2.28. The van der Waals surface area contributed by atoms with Gasteiger partial charge < -0.3 is 9.47 Å². The highest BCUT2D eigenvalue weighted by Gasteiger charge is 2.36. The van der Waals surface area contributed by atoms with Gasteiger partial charge in [-0.1, -0.05) is 18.9 Å². The molecule has 0 unspecified atom stereocenters. The molecule has 5 nitrogen and oxygen atoms in total. The Morgan fingerprint density at radius 1 is 1.30 bits per heavy atom. The molecule has 2 fully saturated rings. The van der Waals surface area contributed by atoms with Crippen LogP contribution in [-0.2, 0) is 21.6 Å². The second-order valence-electron chi connectivity index (χ2n) is 6.36. The second-order valence-corrected chi connectivity index (χ2v) is 6.36. The van der Waals surface area contributed by atoms with Crippen LogP contribution in [0.5, 0.6) is 5.75 Å². The predicted molar refractivity (Wildman–Crippen MR) is 87.4 cm³/mol. The molecular weight excluding hydrogens is 292 g/mol. The van der Waals surface area contributed by atoms with Crippen LogP contribution >= 0.6 is 0 Å². The molecule has 124 valence electrons. The first-order valence-corrected chi connectivity index (χ1v) is 8.34. The second kappa shape index (κ2) is 7.26. The minimum atomic E-state index is -0.381. The average Bonchev–Trinajstić information content (AvgIpc) is 3.06. The average molecular weight is 316 g/mol. The van der Waals surface area contributed by atoms with Gasteiger partial charge >= 0.3 is 0 Å². The molecule has 3 rings (SSSR count). The van der Waals surface area contributed by atoms with Gasteiger partial charge in [-0.2, -0.15) is 4.99 Å². The highest BCUT2D eigenvalue weighted by Crippen LogP contribution is 2.43. The summed E-state index contributed by atoms with van der Waals surface area (Å²) in [6, 6.07) is 6.22. The SMILES string of the molecule is COc1ccc(C2(N=C=O)CCCC2)cc1CN1CCOCC1. The van der Waals surface area contributed by atoms with E-state index in [0.29, 0.717) is 0 Å². The van der Waals surface area contributed by atoms with Crippen LogP contribution in [0.25, 0.3) is 0 Å². The summed E-state index contributed by atoms with van der Waals surface area (Å²) in [6.07, 6.45) is 5.85. The summed E-state index contributed by atoms with van der Waals surface area (Å²) in [5, 5.41) is 0. The van der Waals surface area contributed by atoms with Crippen LogP contribution in [0, 0.1) is 0 Å². The molecule has 1 heterocycles. The molecule has 0 atom stereocenters. The number of nitrogens with zero attached hydrogens (tertiary/aromatic N) is 2. The molecule has 0 N–H and O–H groups in total. The predicted octanol–water partition coefficient (Wildman–Crippen LogP) is 2.63. The number of isocyanates is 1. The molecule has 5 heteroatoms. The van der Waals surface area contributed by atoms with Crippen LogP contribution < -0.4 is 4.74 Å². The molecule has 0 aromatic heterocycles. The number of carbonyl (C=O) groups excluding carboxylic acids is 1. The largest absolute Gasteiger partial charge is 0.496 e. The number of ether oxygens (including phenoxy) is 2. The third-order valence-electron chi connectivity index (χ3n) is 5.01. The van der Waals surface area contributed by atoms with E-state index in [9.17, 15) is 4.79 Å². The smallest absolute Gasteiger partial charge is 0.235 e. The summed E-state index contributed by atoms with van der Waals surface area (Å²) < 4.78 is 10.9. The Labute approximate surface area is 137 Å². The van der Waals surface area contributed by atoms with Crippen LogP contribution in [-0.4, -0.2) is 44.4 Å². The van der Waals surface area contributed by atoms with E-state index in [2.05, 4.69) is 16.0 Å². The molecule has 0 radical (unpaired) electrons. The van der Waals surface area contributed by atoms with E-state index < -0.39 is 0 Å². The van der Waals surface area contributed by atoms with Crippen molar-refractivity contribution in [3.05, 3.63) is 29.3 Å². The molecular formula is C18H24N2O3. The molecule has 2 aliphatic rings. The summed E-state index contributed by atoms with van der Waals surface area (Å²) in [5.74, 6) is 0.892. The summed E-state index contributed by atoms with van der Waals surface area (Å²) in [7, 11) is 1.70. The van der Waals surface area contributed by atoms with Crippen molar-refractivity contribution in [2.45, 2.75) is 37.8 Å². The Balaban J connectivity index is 1.90. The van der Waals surface area contributed by atoms with Gasteiger partial charge in [0.05, 0.1) is 25.9 Å². The van der Waals surface area contributed by atoms with Crippen molar-refractivity contribution in [3.8, 4) is 5.75 Å². The van der Waals surface area contributed by atoms with Gasteiger partial charge in [0.2, 0.25) is 6.08 Å². The van der Waals surface area contributed by atoms with Gasteiger partial charge in [0.25, 0.3) is 0 Å². The fraction of sp³-hybridized carbons (Fsp3) is 0.611. The van der Waals surface area contributed by atoms with Gasteiger partial charge in [-0.05, 0) is 30.5 Å². The standard InChI is InChI=1S/C18H24N2O3/c1-22-17-5-4-16(18(19-14-21)6-2-3-7-18)12-15(17)13-20-8-10-23-11-9-20/h4-5,12H,2-3,6-11,13H2,1H3. The Hall–Kier alpha value is -1.68. The number of rotatable bonds is 5. The zero-order chi connectivity index (χ0) is 16.1. The van der Waals surface area contributed by atoms with Gasteiger partial charge in [0.1, 0.15) is 5.75 Å². The fourth-order valence-electron chi connectivity index (χ4n) is 3.70. The molecule has 1 saturated carbocycles. The maximum absolute atomic E-state index is 10.9. The quantitative estimate of drug-likeness (QED) is 0.619. The number of morpholine rings is 1. The topological polar surface area (TPSA) is 51.1 Å². The maximum Gasteiger partial charge on any atom is 0.235 e. The van der Waals surface area contributed by atoms with Crippen LogP contribution in [0.1, 0.15) is 36.8 Å². The molecule has 1 aromatic rings. The van der Waals surface area contributed by atoms with Gasteiger partial charge in [-0.15, -0.1) is 0 Å². The Kier molecular flexibility index (Phi) is 5.11. The van der Waals surface area contributed by atoms with Crippen molar-refractivity contribution in [3.63, 3.8) is 0 Å². The molecule has 1 aromatic carbocycles. The van der Waals surface area contributed by atoms with E-state index in [1.165, 1.54) is 0 Å². The van der Waals surface area contributed by atoms with E-state index in [1.54, 1.807) is 13.2 Å². The first kappa shape index (κ1) is 16.2. The first-order valence-electron chi connectivity index (χ1n) is 8.34. The third-order valence-corrected chi connectivity index (χ3v) is 5.01. The van der Waals surface area contributed by atoms with E-state index in [0.717, 1.165) is 75.4 Å². The molecule has 0 amide bonds. The van der Waals surface area contributed by atoms with Crippen LogP contribution in [0.15, 0.2) is 23.2 Å². The number of hydrogen-bond acceptors (Lipinski definition) is 5. The Morgan fingerprint density at radius 2 is 2.04 bits per heavy atom. The Bertz CT molecular complexity index is 584. The molecule has 0 spiro atoms. The first-order chi connectivity index (χ1) is 11.3. The zero-order valence-electron chi connectivity index (χ0n) is 13.7. The van der Waals surface area contributed by atoms with Crippen molar-refractivity contribution in [1.29, 1.82) is 0 Å². The van der Waals surface area contributed by atoms with Gasteiger partial charge in [0.15, 0.2) is 0 Å². The molecule has 0 bridgehead atoms. The van der Waals surface area contributed by atoms with Gasteiger partial charge in [-0.25, -0.2) is 4.79 Å². The lowest BCUT2D eigenvalue weighted by atomic mass is 9.87. The molecule has 1 aliphatic carbocycles. The van der Waals surface area contributed by atoms with Crippen LogP contribution in [0.4, 0.5) is 0 Å². The Morgan fingerprint density at radius 3 is 2.70 bits per heavy atom. The van der Waals surface area contributed by atoms with Gasteiger partial charge in [0, 0.05) is 25.2 Å². The van der Waals surface area contributed by atoms with Crippen molar-refractivity contribution in [1.82, 2.24) is 4.90 Å². The molecule has 23 heavy (non-hydrogen) atoms. The van der Waals surface area contributed by atoms with Crippen LogP contribution in [0.2, 0.25) is 0 Å². The van der Waals surface area contributed by atoms with E-state index in [4.69, 9.17) is 9.47 Å². The highest BCUT2D eigenvalue weighted by molar-refractivity contribution is 5.43. The van der Waals surface area contributed by atoms with Gasteiger partial charge in [-0.3, -0.25) is 4.90 Å².